The van der Waals surface area contributed by atoms with E-state index in [2.05, 4.69) is 31.0 Å². The molecule has 0 radical (unpaired) electrons. The standard InChI is InChI=1S/C15H28N2O.ClH/c1-11(2)17(14-6-7-14)15(18)9-12(3)13-5-4-8-16-10-13;/h11-14,16H,4-10H2,1-3H3;1H. The molecule has 1 heterocycles. The SMILES string of the molecule is CC(CC(=O)N(C(C)C)C1CC1)C1CCCNC1.Cl. The summed E-state index contributed by atoms with van der Waals surface area (Å²) in [5, 5.41) is 3.45. The second kappa shape index (κ2) is 7.49. The van der Waals surface area contributed by atoms with Crippen molar-refractivity contribution in [3.8, 4) is 0 Å². The molecule has 2 atom stereocenters. The van der Waals surface area contributed by atoms with Gasteiger partial charge >= 0.3 is 0 Å². The van der Waals surface area contributed by atoms with Crippen molar-refractivity contribution in [2.45, 2.75) is 65.0 Å². The Labute approximate surface area is 123 Å². The highest BCUT2D eigenvalue weighted by Gasteiger charge is 2.35. The molecule has 2 rings (SSSR count). The summed E-state index contributed by atoms with van der Waals surface area (Å²) in [4.78, 5) is 14.6. The summed E-state index contributed by atoms with van der Waals surface area (Å²) in [6.07, 6.45) is 5.71. The number of amides is 1. The van der Waals surface area contributed by atoms with Crippen molar-refractivity contribution in [1.82, 2.24) is 10.2 Å². The van der Waals surface area contributed by atoms with E-state index in [1.54, 1.807) is 0 Å². The minimum Gasteiger partial charge on any atom is -0.337 e. The van der Waals surface area contributed by atoms with Crippen LogP contribution in [0.4, 0.5) is 0 Å². The number of hydrogen-bond acceptors (Lipinski definition) is 2. The van der Waals surface area contributed by atoms with Crippen molar-refractivity contribution in [2.24, 2.45) is 11.8 Å². The van der Waals surface area contributed by atoms with Gasteiger partial charge in [-0.05, 0) is 64.5 Å². The normalized spacial score (nSPS) is 24.7. The van der Waals surface area contributed by atoms with E-state index in [4.69, 9.17) is 0 Å². The number of halogens is 1. The second-order valence-corrected chi connectivity index (χ2v) is 6.41. The van der Waals surface area contributed by atoms with Gasteiger partial charge in [0.15, 0.2) is 0 Å². The average Bonchev–Trinajstić information content (AvgIpc) is 3.14. The second-order valence-electron chi connectivity index (χ2n) is 6.41. The maximum absolute atomic E-state index is 12.4. The van der Waals surface area contributed by atoms with E-state index >= 15 is 0 Å². The lowest BCUT2D eigenvalue weighted by Gasteiger charge is -2.32. The third-order valence-corrected chi connectivity index (χ3v) is 4.42. The van der Waals surface area contributed by atoms with Gasteiger partial charge in [-0.2, -0.15) is 0 Å². The van der Waals surface area contributed by atoms with E-state index in [-0.39, 0.29) is 12.4 Å². The number of carbonyl (C=O) groups excluding carboxylic acids is 1. The average molecular weight is 289 g/mol. The molecule has 0 aromatic carbocycles. The predicted octanol–water partition coefficient (Wildman–Crippen LogP) is 2.83. The Morgan fingerprint density at radius 1 is 1.26 bits per heavy atom. The number of rotatable bonds is 5. The number of hydrogen-bond donors (Lipinski definition) is 1. The first-order chi connectivity index (χ1) is 8.59. The van der Waals surface area contributed by atoms with E-state index < -0.39 is 0 Å². The summed E-state index contributed by atoms with van der Waals surface area (Å²) in [6, 6.07) is 0.913. The molecule has 19 heavy (non-hydrogen) atoms. The quantitative estimate of drug-likeness (QED) is 0.844. The Balaban J connectivity index is 0.00000180. The van der Waals surface area contributed by atoms with Gasteiger partial charge in [0, 0.05) is 18.5 Å². The molecule has 0 spiro atoms. The molecule has 0 aromatic heterocycles. The van der Waals surface area contributed by atoms with Crippen LogP contribution in [0.25, 0.3) is 0 Å². The van der Waals surface area contributed by atoms with E-state index in [0.717, 1.165) is 19.5 Å². The van der Waals surface area contributed by atoms with Gasteiger partial charge in [0.05, 0.1) is 0 Å². The molecule has 1 aliphatic carbocycles. The zero-order valence-electron chi connectivity index (χ0n) is 12.5. The highest BCUT2D eigenvalue weighted by Crippen LogP contribution is 2.31. The van der Waals surface area contributed by atoms with Gasteiger partial charge in [-0.15, -0.1) is 12.4 Å². The topological polar surface area (TPSA) is 32.3 Å². The summed E-state index contributed by atoms with van der Waals surface area (Å²) < 4.78 is 0. The van der Waals surface area contributed by atoms with Crippen molar-refractivity contribution in [3.05, 3.63) is 0 Å². The molecular weight excluding hydrogens is 260 g/mol. The molecular formula is C15H29ClN2O. The summed E-state index contributed by atoms with van der Waals surface area (Å²) in [5.74, 6) is 1.59. The maximum Gasteiger partial charge on any atom is 0.223 e. The Morgan fingerprint density at radius 2 is 1.95 bits per heavy atom. The highest BCUT2D eigenvalue weighted by atomic mass is 35.5. The zero-order chi connectivity index (χ0) is 13.1. The van der Waals surface area contributed by atoms with Crippen LogP contribution in [-0.2, 0) is 4.79 Å². The molecule has 3 nitrogen and oxygen atoms in total. The molecule has 112 valence electrons. The van der Waals surface area contributed by atoms with Crippen LogP contribution in [0, 0.1) is 11.8 Å². The molecule has 2 aliphatic rings. The molecule has 1 saturated heterocycles. The van der Waals surface area contributed by atoms with Gasteiger partial charge in [-0.3, -0.25) is 4.79 Å². The highest BCUT2D eigenvalue weighted by molar-refractivity contribution is 5.85. The first-order valence-corrected chi connectivity index (χ1v) is 7.61. The molecule has 1 aliphatic heterocycles. The first-order valence-electron chi connectivity index (χ1n) is 7.61. The van der Waals surface area contributed by atoms with Crippen LogP contribution in [0.2, 0.25) is 0 Å². The van der Waals surface area contributed by atoms with E-state index in [1.165, 1.54) is 25.7 Å². The first kappa shape index (κ1) is 16.8. The molecule has 4 heteroatoms. The molecule has 2 fully saturated rings. The van der Waals surface area contributed by atoms with Crippen LogP contribution in [0.1, 0.15) is 52.9 Å². The van der Waals surface area contributed by atoms with Crippen LogP contribution < -0.4 is 5.32 Å². The minimum absolute atomic E-state index is 0. The Kier molecular flexibility index (Phi) is 6.61. The van der Waals surface area contributed by atoms with Gasteiger partial charge in [-0.1, -0.05) is 6.92 Å². The summed E-state index contributed by atoms with van der Waals surface area (Å²) in [7, 11) is 0. The van der Waals surface area contributed by atoms with Crippen molar-refractivity contribution < 1.29 is 4.79 Å². The minimum atomic E-state index is 0. The fourth-order valence-electron chi connectivity index (χ4n) is 3.18. The lowest BCUT2D eigenvalue weighted by atomic mass is 9.85. The Morgan fingerprint density at radius 3 is 2.42 bits per heavy atom. The van der Waals surface area contributed by atoms with E-state index in [9.17, 15) is 4.79 Å². The zero-order valence-corrected chi connectivity index (χ0v) is 13.3. The Bertz CT molecular complexity index is 284. The van der Waals surface area contributed by atoms with Gasteiger partial charge in [0.1, 0.15) is 0 Å². The van der Waals surface area contributed by atoms with Gasteiger partial charge in [0.2, 0.25) is 5.91 Å². The summed E-state index contributed by atoms with van der Waals surface area (Å²) in [6.45, 7) is 8.78. The molecule has 1 amide bonds. The van der Waals surface area contributed by atoms with Gasteiger partial charge in [-0.25, -0.2) is 0 Å². The monoisotopic (exact) mass is 288 g/mol. The fraction of sp³-hybridized carbons (Fsp3) is 0.933. The van der Waals surface area contributed by atoms with Gasteiger partial charge < -0.3 is 10.2 Å². The van der Waals surface area contributed by atoms with Crippen LogP contribution in [0.5, 0.6) is 0 Å². The maximum atomic E-state index is 12.4. The van der Waals surface area contributed by atoms with Crippen LogP contribution in [0.15, 0.2) is 0 Å². The predicted molar refractivity (Wildman–Crippen MR) is 81.6 cm³/mol. The number of nitrogens with one attached hydrogen (secondary N) is 1. The third-order valence-electron chi connectivity index (χ3n) is 4.42. The van der Waals surface area contributed by atoms with Crippen molar-refractivity contribution >= 4 is 18.3 Å². The van der Waals surface area contributed by atoms with Crippen molar-refractivity contribution in [1.29, 1.82) is 0 Å². The van der Waals surface area contributed by atoms with Crippen LogP contribution in [-0.4, -0.2) is 36.0 Å². The summed E-state index contributed by atoms with van der Waals surface area (Å²) in [5.41, 5.74) is 0. The lowest BCUT2D eigenvalue weighted by Crippen LogP contribution is -2.41. The Hall–Kier alpha value is -0.280. The number of carbonyl (C=O) groups is 1. The lowest BCUT2D eigenvalue weighted by molar-refractivity contribution is -0.134. The van der Waals surface area contributed by atoms with Gasteiger partial charge in [0.25, 0.3) is 0 Å². The molecule has 1 N–H and O–H groups in total. The largest absolute Gasteiger partial charge is 0.337 e. The molecule has 0 aromatic rings. The summed E-state index contributed by atoms with van der Waals surface area (Å²) >= 11 is 0. The molecule has 2 unspecified atom stereocenters. The third kappa shape index (κ3) is 4.64. The van der Waals surface area contributed by atoms with Crippen LogP contribution in [0.3, 0.4) is 0 Å². The van der Waals surface area contributed by atoms with E-state index in [0.29, 0.717) is 29.8 Å². The number of piperidine rings is 1. The van der Waals surface area contributed by atoms with E-state index in [1.807, 2.05) is 0 Å². The fourth-order valence-corrected chi connectivity index (χ4v) is 3.18. The smallest absolute Gasteiger partial charge is 0.223 e. The van der Waals surface area contributed by atoms with Crippen molar-refractivity contribution in [2.75, 3.05) is 13.1 Å². The molecule has 1 saturated carbocycles. The van der Waals surface area contributed by atoms with Crippen molar-refractivity contribution in [3.63, 3.8) is 0 Å². The molecule has 0 bridgehead atoms. The number of nitrogens with zero attached hydrogens (tertiary/aromatic N) is 1. The van der Waals surface area contributed by atoms with Crippen LogP contribution >= 0.6 is 12.4 Å².